The first-order valence-electron chi connectivity index (χ1n) is 6.94. The van der Waals surface area contributed by atoms with Gasteiger partial charge in [0, 0.05) is 30.4 Å². The summed E-state index contributed by atoms with van der Waals surface area (Å²) in [6.07, 6.45) is 1.59. The van der Waals surface area contributed by atoms with Crippen molar-refractivity contribution in [2.75, 3.05) is 19.6 Å². The quantitative estimate of drug-likeness (QED) is 0.883. The van der Waals surface area contributed by atoms with E-state index >= 15 is 0 Å². The number of aromatic nitrogens is 2. The molecule has 2 aromatic rings. The largest absolute Gasteiger partial charge is 0.329 e. The molecule has 1 aliphatic rings. The highest BCUT2D eigenvalue weighted by molar-refractivity contribution is 6.30. The van der Waals surface area contributed by atoms with Crippen molar-refractivity contribution in [3.05, 3.63) is 52.3 Å². The number of nitrogens with zero attached hydrogens (tertiary/aromatic N) is 2. The monoisotopic (exact) mass is 340 g/mol. The average Bonchev–Trinajstić information content (AvgIpc) is 2.93. The van der Waals surface area contributed by atoms with Crippen LogP contribution < -0.4 is 5.32 Å². The van der Waals surface area contributed by atoms with E-state index in [0.717, 1.165) is 24.3 Å². The Morgan fingerprint density at radius 1 is 1.45 bits per heavy atom. The summed E-state index contributed by atoms with van der Waals surface area (Å²) in [5, 5.41) is 10.8. The highest BCUT2D eigenvalue weighted by Crippen LogP contribution is 2.26. The molecule has 3 rings (SSSR count). The highest BCUT2D eigenvalue weighted by atomic mass is 35.5. The third-order valence-electron chi connectivity index (χ3n) is 3.80. The van der Waals surface area contributed by atoms with Gasteiger partial charge in [-0.25, -0.2) is 0 Å². The van der Waals surface area contributed by atoms with E-state index in [1.54, 1.807) is 6.20 Å². The van der Waals surface area contributed by atoms with Gasteiger partial charge in [-0.15, -0.1) is 12.4 Å². The molecule has 118 valence electrons. The van der Waals surface area contributed by atoms with Gasteiger partial charge in [0.2, 0.25) is 0 Å². The third kappa shape index (κ3) is 3.27. The first-order chi connectivity index (χ1) is 10.2. The smallest absolute Gasteiger partial charge is 0.257 e. The molecular formula is C15H18Cl2N4O. The normalized spacial score (nSPS) is 17.9. The van der Waals surface area contributed by atoms with E-state index in [1.165, 1.54) is 0 Å². The van der Waals surface area contributed by atoms with Gasteiger partial charge in [-0.05, 0) is 24.6 Å². The molecular weight excluding hydrogens is 323 g/mol. The average molecular weight is 341 g/mol. The van der Waals surface area contributed by atoms with Crippen molar-refractivity contribution >= 4 is 29.9 Å². The Bertz CT molecular complexity index is 658. The van der Waals surface area contributed by atoms with Crippen molar-refractivity contribution in [1.82, 2.24) is 20.4 Å². The molecule has 1 unspecified atom stereocenters. The zero-order chi connectivity index (χ0) is 14.8. The summed E-state index contributed by atoms with van der Waals surface area (Å²) >= 11 is 6.08. The van der Waals surface area contributed by atoms with Crippen molar-refractivity contribution < 1.29 is 4.79 Å². The van der Waals surface area contributed by atoms with Crippen LogP contribution in [-0.4, -0.2) is 40.6 Å². The van der Waals surface area contributed by atoms with Crippen molar-refractivity contribution in [2.45, 2.75) is 13.0 Å². The van der Waals surface area contributed by atoms with Gasteiger partial charge in [0.15, 0.2) is 0 Å². The number of nitrogens with one attached hydrogen (secondary N) is 2. The molecule has 1 amide bonds. The number of carbonyl (C=O) groups is 1. The van der Waals surface area contributed by atoms with Gasteiger partial charge in [0.25, 0.3) is 5.91 Å². The molecule has 1 aromatic heterocycles. The Morgan fingerprint density at radius 2 is 2.27 bits per heavy atom. The number of hydrogen-bond donors (Lipinski definition) is 2. The zero-order valence-electron chi connectivity index (χ0n) is 12.2. The second-order valence-electron chi connectivity index (χ2n) is 5.18. The van der Waals surface area contributed by atoms with Crippen molar-refractivity contribution in [3.63, 3.8) is 0 Å². The number of aryl methyl sites for hydroxylation is 1. The maximum Gasteiger partial charge on any atom is 0.257 e. The number of rotatable bonds is 2. The SMILES string of the molecule is Cc1[nH]ncc1C(=O)N1CCNCC1c1cccc(Cl)c1.Cl. The molecule has 1 atom stereocenters. The summed E-state index contributed by atoms with van der Waals surface area (Å²) in [4.78, 5) is 14.6. The number of aromatic amines is 1. The topological polar surface area (TPSA) is 61.0 Å². The lowest BCUT2D eigenvalue weighted by Gasteiger charge is -2.36. The van der Waals surface area contributed by atoms with Crippen LogP contribution >= 0.6 is 24.0 Å². The van der Waals surface area contributed by atoms with Crippen LogP contribution in [0.2, 0.25) is 5.02 Å². The van der Waals surface area contributed by atoms with Crippen LogP contribution in [0, 0.1) is 6.92 Å². The van der Waals surface area contributed by atoms with Crippen LogP contribution in [0.15, 0.2) is 30.5 Å². The molecule has 2 heterocycles. The number of benzene rings is 1. The van der Waals surface area contributed by atoms with Crippen LogP contribution in [-0.2, 0) is 0 Å². The van der Waals surface area contributed by atoms with Crippen molar-refractivity contribution in [2.24, 2.45) is 0 Å². The fourth-order valence-electron chi connectivity index (χ4n) is 2.68. The van der Waals surface area contributed by atoms with E-state index in [9.17, 15) is 4.79 Å². The zero-order valence-corrected chi connectivity index (χ0v) is 13.7. The van der Waals surface area contributed by atoms with Crippen LogP contribution in [0.5, 0.6) is 0 Å². The third-order valence-corrected chi connectivity index (χ3v) is 4.03. The summed E-state index contributed by atoms with van der Waals surface area (Å²) in [6, 6.07) is 7.67. The molecule has 1 saturated heterocycles. The predicted octanol–water partition coefficient (Wildman–Crippen LogP) is 2.58. The minimum Gasteiger partial charge on any atom is -0.329 e. The summed E-state index contributed by atoms with van der Waals surface area (Å²) in [6.45, 7) is 4.04. The van der Waals surface area contributed by atoms with Gasteiger partial charge in [0.1, 0.15) is 0 Å². The number of piperazine rings is 1. The first kappa shape index (κ1) is 16.8. The highest BCUT2D eigenvalue weighted by Gasteiger charge is 2.29. The second kappa shape index (κ2) is 7.13. The summed E-state index contributed by atoms with van der Waals surface area (Å²) in [5.41, 5.74) is 2.47. The predicted molar refractivity (Wildman–Crippen MR) is 88.7 cm³/mol. The number of carbonyl (C=O) groups excluding carboxylic acids is 1. The summed E-state index contributed by atoms with van der Waals surface area (Å²) in [7, 11) is 0. The minimum absolute atomic E-state index is 0. The van der Waals surface area contributed by atoms with E-state index in [4.69, 9.17) is 11.6 Å². The van der Waals surface area contributed by atoms with E-state index in [2.05, 4.69) is 15.5 Å². The number of amides is 1. The van der Waals surface area contributed by atoms with Gasteiger partial charge < -0.3 is 10.2 Å². The standard InChI is InChI=1S/C15H17ClN4O.ClH/c1-10-13(8-18-19-10)15(21)20-6-5-17-9-14(20)11-3-2-4-12(16)7-11;/h2-4,7-8,14,17H,5-6,9H2,1H3,(H,18,19);1H. The second-order valence-corrected chi connectivity index (χ2v) is 5.62. The Hall–Kier alpha value is -1.56. The molecule has 2 N–H and O–H groups in total. The van der Waals surface area contributed by atoms with Crippen LogP contribution in [0.1, 0.15) is 27.7 Å². The Labute approximate surface area is 140 Å². The Morgan fingerprint density at radius 3 is 2.95 bits per heavy atom. The van der Waals surface area contributed by atoms with E-state index in [1.807, 2.05) is 36.1 Å². The van der Waals surface area contributed by atoms with Crippen LogP contribution in [0.4, 0.5) is 0 Å². The molecule has 1 aromatic carbocycles. The van der Waals surface area contributed by atoms with E-state index < -0.39 is 0 Å². The maximum absolute atomic E-state index is 12.8. The minimum atomic E-state index is -0.0146. The van der Waals surface area contributed by atoms with Gasteiger partial charge in [-0.1, -0.05) is 23.7 Å². The van der Waals surface area contributed by atoms with Crippen LogP contribution in [0.3, 0.4) is 0 Å². The molecule has 0 radical (unpaired) electrons. The maximum atomic E-state index is 12.8. The fourth-order valence-corrected chi connectivity index (χ4v) is 2.88. The summed E-state index contributed by atoms with van der Waals surface area (Å²) in [5.74, 6) is 0.00715. The molecule has 1 aliphatic heterocycles. The fraction of sp³-hybridized carbons (Fsp3) is 0.333. The van der Waals surface area contributed by atoms with Crippen molar-refractivity contribution in [1.29, 1.82) is 0 Å². The van der Waals surface area contributed by atoms with Gasteiger partial charge in [0.05, 0.1) is 17.8 Å². The molecule has 1 fully saturated rings. The van der Waals surface area contributed by atoms with E-state index in [0.29, 0.717) is 17.1 Å². The van der Waals surface area contributed by atoms with Gasteiger partial charge >= 0.3 is 0 Å². The van der Waals surface area contributed by atoms with Crippen molar-refractivity contribution in [3.8, 4) is 0 Å². The van der Waals surface area contributed by atoms with Gasteiger partial charge in [-0.2, -0.15) is 5.10 Å². The van der Waals surface area contributed by atoms with Crippen LogP contribution in [0.25, 0.3) is 0 Å². The lowest BCUT2D eigenvalue weighted by molar-refractivity contribution is 0.0633. The molecule has 0 spiro atoms. The number of hydrogen-bond acceptors (Lipinski definition) is 3. The molecule has 22 heavy (non-hydrogen) atoms. The summed E-state index contributed by atoms with van der Waals surface area (Å²) < 4.78 is 0. The molecule has 7 heteroatoms. The lowest BCUT2D eigenvalue weighted by atomic mass is 10.0. The number of halogens is 2. The van der Waals surface area contributed by atoms with E-state index in [-0.39, 0.29) is 24.4 Å². The molecule has 0 saturated carbocycles. The van der Waals surface area contributed by atoms with Gasteiger partial charge in [-0.3, -0.25) is 9.89 Å². The Balaban J connectivity index is 0.00000176. The lowest BCUT2D eigenvalue weighted by Crippen LogP contribution is -2.48. The molecule has 0 bridgehead atoms. The Kier molecular flexibility index (Phi) is 5.45. The molecule has 5 nitrogen and oxygen atoms in total. The number of H-pyrrole nitrogens is 1. The molecule has 0 aliphatic carbocycles. The first-order valence-corrected chi connectivity index (χ1v) is 7.31.